The fraction of sp³-hybridized carbons (Fsp3) is 0.174. The number of rotatable bonds is 5. The van der Waals surface area contributed by atoms with Gasteiger partial charge in [0.2, 0.25) is 0 Å². The van der Waals surface area contributed by atoms with Crippen molar-refractivity contribution in [2.24, 2.45) is 5.10 Å². The average molecular weight is 437 g/mol. The normalized spacial score (nSPS) is 18.0. The lowest BCUT2D eigenvalue weighted by Crippen LogP contribution is -2.29. The number of hydrogen-bond donors (Lipinski definition) is 2. The maximum Gasteiger partial charge on any atom is 0.339 e. The molecule has 0 fully saturated rings. The van der Waals surface area contributed by atoms with Crippen LogP contribution in [0.2, 0.25) is 0 Å². The Kier molecular flexibility index (Phi) is 5.56. The highest BCUT2D eigenvalue weighted by Crippen LogP contribution is 2.40. The lowest BCUT2D eigenvalue weighted by molar-refractivity contribution is 0.0697. The summed E-state index contributed by atoms with van der Waals surface area (Å²) in [5.74, 6) is -2.48. The van der Waals surface area contributed by atoms with E-state index in [-0.39, 0.29) is 28.1 Å². The Labute approximate surface area is 182 Å². The first-order chi connectivity index (χ1) is 14.9. The number of hydrazone groups is 1. The molecule has 1 aromatic heterocycles. The number of anilines is 2. The molecule has 0 saturated heterocycles. The number of carbonyl (C=O) groups excluding carboxylic acids is 1. The van der Waals surface area contributed by atoms with E-state index in [0.717, 1.165) is 28.8 Å². The van der Waals surface area contributed by atoms with Crippen molar-refractivity contribution in [1.29, 1.82) is 0 Å². The molecule has 0 radical (unpaired) electrons. The van der Waals surface area contributed by atoms with Crippen molar-refractivity contribution in [3.63, 3.8) is 0 Å². The van der Waals surface area contributed by atoms with Crippen LogP contribution in [-0.4, -0.2) is 28.7 Å². The summed E-state index contributed by atoms with van der Waals surface area (Å²) in [7, 11) is 0. The number of hydrogen-bond acceptors (Lipinski definition) is 5. The zero-order valence-electron chi connectivity index (χ0n) is 16.9. The number of carboxylic acids is 1. The van der Waals surface area contributed by atoms with Crippen LogP contribution >= 0.6 is 11.3 Å². The maximum atomic E-state index is 13.5. The predicted octanol–water partition coefficient (Wildman–Crippen LogP) is 5.21. The average Bonchev–Trinajstić information content (AvgIpc) is 3.28. The van der Waals surface area contributed by atoms with Crippen molar-refractivity contribution in [3.8, 4) is 0 Å². The lowest BCUT2D eigenvalue weighted by Gasteiger charge is -2.24. The number of nitrogens with zero attached hydrogens (tertiary/aromatic N) is 2. The summed E-state index contributed by atoms with van der Waals surface area (Å²) in [5.41, 5.74) is 2.46. The Morgan fingerprint density at radius 1 is 1.16 bits per heavy atom. The van der Waals surface area contributed by atoms with Gasteiger partial charge in [0.1, 0.15) is 10.8 Å². The maximum absolute atomic E-state index is 13.5. The van der Waals surface area contributed by atoms with Crippen LogP contribution in [0.5, 0.6) is 0 Å². The summed E-state index contributed by atoms with van der Waals surface area (Å²) in [6.07, 6.45) is 0. The van der Waals surface area contributed by atoms with Gasteiger partial charge in [-0.15, -0.1) is 11.3 Å². The van der Waals surface area contributed by atoms with E-state index in [2.05, 4.69) is 10.4 Å². The van der Waals surface area contributed by atoms with Gasteiger partial charge in [-0.2, -0.15) is 5.10 Å². The summed E-state index contributed by atoms with van der Waals surface area (Å²) in [6.45, 7) is 3.87. The van der Waals surface area contributed by atoms with Crippen molar-refractivity contribution in [3.05, 3.63) is 82.5 Å². The minimum Gasteiger partial charge on any atom is -0.478 e. The second-order valence-electron chi connectivity index (χ2n) is 7.30. The number of carbonyl (C=O) groups is 2. The van der Waals surface area contributed by atoms with Crippen LogP contribution in [0.4, 0.5) is 15.1 Å². The van der Waals surface area contributed by atoms with Crippen molar-refractivity contribution in [1.82, 2.24) is 0 Å². The molecule has 158 valence electrons. The Bertz CT molecular complexity index is 1180. The van der Waals surface area contributed by atoms with E-state index >= 15 is 0 Å². The molecule has 2 aromatic carbocycles. The monoisotopic (exact) mass is 437 g/mol. The number of carboxylic acid groups (broad SMARTS) is 1. The van der Waals surface area contributed by atoms with Gasteiger partial charge < -0.3 is 10.4 Å². The van der Waals surface area contributed by atoms with Gasteiger partial charge in [0.25, 0.3) is 5.91 Å². The number of amides is 1. The summed E-state index contributed by atoms with van der Waals surface area (Å²) in [6, 6.07) is 14.8. The third-order valence-electron chi connectivity index (χ3n) is 5.29. The fourth-order valence-corrected chi connectivity index (χ4v) is 4.87. The van der Waals surface area contributed by atoms with E-state index in [1.807, 2.05) is 49.2 Å². The number of thiophene rings is 1. The van der Waals surface area contributed by atoms with Crippen LogP contribution in [0.15, 0.2) is 65.1 Å². The molecule has 2 unspecified atom stereocenters. The molecule has 1 amide bonds. The van der Waals surface area contributed by atoms with Crippen LogP contribution in [0.1, 0.15) is 46.0 Å². The van der Waals surface area contributed by atoms with E-state index in [4.69, 9.17) is 0 Å². The summed E-state index contributed by atoms with van der Waals surface area (Å²) in [4.78, 5) is 24.7. The van der Waals surface area contributed by atoms with Gasteiger partial charge in [-0.1, -0.05) is 24.3 Å². The first kappa shape index (κ1) is 20.7. The highest BCUT2D eigenvalue weighted by atomic mass is 32.1. The Morgan fingerprint density at radius 3 is 2.58 bits per heavy atom. The van der Waals surface area contributed by atoms with Crippen molar-refractivity contribution < 1.29 is 19.1 Å². The lowest BCUT2D eigenvalue weighted by atomic mass is 9.88. The fourth-order valence-electron chi connectivity index (χ4n) is 3.89. The molecule has 31 heavy (non-hydrogen) atoms. The summed E-state index contributed by atoms with van der Waals surface area (Å²) in [5, 5.41) is 21.1. The van der Waals surface area contributed by atoms with Gasteiger partial charge in [0, 0.05) is 17.2 Å². The number of aromatic carboxylic acids is 1. The molecule has 1 aliphatic rings. The molecule has 3 aromatic rings. The number of para-hydroxylation sites is 1. The summed E-state index contributed by atoms with van der Waals surface area (Å²) < 4.78 is 13.5. The summed E-state index contributed by atoms with van der Waals surface area (Å²) >= 11 is 1.14. The molecule has 0 spiro atoms. The molecular weight excluding hydrogens is 417 g/mol. The Hall–Kier alpha value is -3.52. The van der Waals surface area contributed by atoms with Crippen LogP contribution in [0, 0.1) is 5.82 Å². The number of halogens is 1. The molecule has 2 heterocycles. The second kappa shape index (κ2) is 8.31. The van der Waals surface area contributed by atoms with E-state index in [9.17, 15) is 19.1 Å². The first-order valence-corrected chi connectivity index (χ1v) is 10.6. The number of benzene rings is 2. The minimum absolute atomic E-state index is 0.0380. The molecule has 0 saturated carbocycles. The van der Waals surface area contributed by atoms with Crippen LogP contribution < -0.4 is 10.3 Å². The minimum atomic E-state index is -1.14. The zero-order chi connectivity index (χ0) is 22.1. The molecule has 2 atom stereocenters. The van der Waals surface area contributed by atoms with E-state index in [0.29, 0.717) is 5.56 Å². The molecule has 0 bridgehead atoms. The van der Waals surface area contributed by atoms with Gasteiger partial charge in [-0.05, 0) is 55.1 Å². The topological polar surface area (TPSA) is 82.0 Å². The van der Waals surface area contributed by atoms with Gasteiger partial charge in [0.15, 0.2) is 0 Å². The highest BCUT2D eigenvalue weighted by Gasteiger charge is 2.37. The Morgan fingerprint density at radius 2 is 1.90 bits per heavy atom. The first-order valence-electron chi connectivity index (χ1n) is 9.67. The van der Waals surface area contributed by atoms with Gasteiger partial charge >= 0.3 is 5.97 Å². The SMILES string of the molecule is CC1=NN(c2ccccc2)C(C)C1c1csc(NC(=O)c2cccc(F)c2)c1C(=O)O. The van der Waals surface area contributed by atoms with E-state index in [1.54, 1.807) is 5.38 Å². The van der Waals surface area contributed by atoms with Crippen molar-refractivity contribution >= 4 is 39.6 Å². The van der Waals surface area contributed by atoms with Gasteiger partial charge in [-0.25, -0.2) is 9.18 Å². The van der Waals surface area contributed by atoms with Crippen LogP contribution in [-0.2, 0) is 0 Å². The number of nitrogens with one attached hydrogen (secondary N) is 1. The smallest absolute Gasteiger partial charge is 0.339 e. The molecule has 1 aliphatic heterocycles. The quantitative estimate of drug-likeness (QED) is 0.574. The van der Waals surface area contributed by atoms with E-state index < -0.39 is 17.7 Å². The zero-order valence-corrected chi connectivity index (χ0v) is 17.7. The largest absolute Gasteiger partial charge is 0.478 e. The Balaban J connectivity index is 1.66. The van der Waals surface area contributed by atoms with Crippen LogP contribution in [0.25, 0.3) is 0 Å². The standard InChI is InChI=1S/C23H20FN3O3S/c1-13-19(14(2)27(26-13)17-9-4-3-5-10-17)18-12-31-22(20(18)23(29)30)25-21(28)15-7-6-8-16(24)11-15/h3-12,14,19H,1-2H3,(H,25,28)(H,29,30). The van der Waals surface area contributed by atoms with Gasteiger partial charge in [-0.3, -0.25) is 9.80 Å². The molecule has 0 aliphatic carbocycles. The molecule has 6 nitrogen and oxygen atoms in total. The molecule has 8 heteroatoms. The van der Waals surface area contributed by atoms with Gasteiger partial charge in [0.05, 0.1) is 17.3 Å². The highest BCUT2D eigenvalue weighted by molar-refractivity contribution is 7.15. The van der Waals surface area contributed by atoms with Crippen molar-refractivity contribution in [2.75, 3.05) is 10.3 Å². The van der Waals surface area contributed by atoms with Crippen LogP contribution in [0.3, 0.4) is 0 Å². The van der Waals surface area contributed by atoms with Crippen molar-refractivity contribution in [2.45, 2.75) is 25.8 Å². The predicted molar refractivity (Wildman–Crippen MR) is 120 cm³/mol. The third kappa shape index (κ3) is 3.94. The third-order valence-corrected chi connectivity index (χ3v) is 6.20. The second-order valence-corrected chi connectivity index (χ2v) is 8.18. The van der Waals surface area contributed by atoms with E-state index in [1.165, 1.54) is 18.2 Å². The molecule has 4 rings (SSSR count). The molecule has 2 N–H and O–H groups in total. The molecular formula is C23H20FN3O3S.